The Morgan fingerprint density at radius 2 is 1.88 bits per heavy atom. The predicted octanol–water partition coefficient (Wildman–Crippen LogP) is 0.328. The van der Waals surface area contributed by atoms with Gasteiger partial charge in [0.05, 0.1) is 6.10 Å². The lowest BCUT2D eigenvalue weighted by atomic mass is 10.1. The maximum atomic E-state index is 12.1. The van der Waals surface area contributed by atoms with Crippen LogP contribution in [0.25, 0.3) is 0 Å². The molecule has 1 aliphatic heterocycles. The van der Waals surface area contributed by atoms with E-state index in [-0.39, 0.29) is 6.10 Å². The van der Waals surface area contributed by atoms with Gasteiger partial charge in [-0.15, -0.1) is 9.60 Å². The highest BCUT2D eigenvalue weighted by Crippen LogP contribution is 2.08. The van der Waals surface area contributed by atoms with Gasteiger partial charge in [0.25, 0.3) is 0 Å². The Morgan fingerprint density at radius 1 is 1.38 bits per heavy atom. The Labute approximate surface area is 47.8 Å². The first kappa shape index (κ1) is 5.98. The molecule has 1 rings (SSSR count). The van der Waals surface area contributed by atoms with E-state index in [1.54, 1.807) is 0 Å². The van der Waals surface area contributed by atoms with Crippen LogP contribution in [0.15, 0.2) is 0 Å². The topological polar surface area (TPSA) is 23.5 Å². The van der Waals surface area contributed by atoms with E-state index in [0.717, 1.165) is 5.12 Å². The first-order valence-electron chi connectivity index (χ1n) is 2.88. The van der Waals surface area contributed by atoms with E-state index in [1.807, 2.05) is 0 Å². The van der Waals surface area contributed by atoms with Gasteiger partial charge in [0.2, 0.25) is 0 Å². The molecule has 3 heteroatoms. The maximum absolute atomic E-state index is 12.1. The van der Waals surface area contributed by atoms with Crippen LogP contribution in [-0.4, -0.2) is 29.4 Å². The molecule has 0 aromatic carbocycles. The lowest BCUT2D eigenvalue weighted by Crippen LogP contribution is -2.29. The molecule has 0 saturated carbocycles. The monoisotopic (exact) mass is 119 g/mol. The molecule has 0 amide bonds. The molecule has 0 aromatic rings. The molecular formula is C5H10FNO. The molecular weight excluding hydrogens is 109 g/mol. The molecule has 1 saturated heterocycles. The van der Waals surface area contributed by atoms with Crippen LogP contribution >= 0.6 is 0 Å². The largest absolute Gasteiger partial charge is 0.393 e. The van der Waals surface area contributed by atoms with E-state index in [4.69, 9.17) is 5.11 Å². The summed E-state index contributed by atoms with van der Waals surface area (Å²) in [5.74, 6) is 0. The summed E-state index contributed by atoms with van der Waals surface area (Å²) in [4.78, 5) is 0. The molecule has 48 valence electrons. The van der Waals surface area contributed by atoms with Gasteiger partial charge in [0.15, 0.2) is 0 Å². The summed E-state index contributed by atoms with van der Waals surface area (Å²) in [6, 6.07) is 0. The van der Waals surface area contributed by atoms with Crippen LogP contribution in [0.4, 0.5) is 4.48 Å². The highest BCUT2D eigenvalue weighted by atomic mass is 19.2. The lowest BCUT2D eigenvalue weighted by molar-refractivity contribution is -0.0324. The number of piperidine rings is 1. The van der Waals surface area contributed by atoms with E-state index in [2.05, 4.69) is 0 Å². The standard InChI is InChI=1S/C5H10FNO/c6-7-3-1-5(8)2-4-7/h5,8H,1-4H2. The number of halogens is 1. The van der Waals surface area contributed by atoms with Gasteiger partial charge in [0.1, 0.15) is 0 Å². The molecule has 8 heavy (non-hydrogen) atoms. The highest BCUT2D eigenvalue weighted by Gasteiger charge is 2.15. The molecule has 0 bridgehead atoms. The van der Waals surface area contributed by atoms with Crippen molar-refractivity contribution < 1.29 is 9.59 Å². The third kappa shape index (κ3) is 1.42. The smallest absolute Gasteiger partial charge is 0.0566 e. The molecule has 0 aliphatic carbocycles. The Hall–Kier alpha value is -0.150. The number of hydrogen-bond donors (Lipinski definition) is 1. The molecule has 0 unspecified atom stereocenters. The van der Waals surface area contributed by atoms with E-state index >= 15 is 0 Å². The number of aliphatic hydroxyl groups excluding tert-OH is 1. The summed E-state index contributed by atoms with van der Waals surface area (Å²) in [5.41, 5.74) is 0. The minimum atomic E-state index is -0.262. The molecule has 1 aliphatic rings. The minimum absolute atomic E-state index is 0.262. The van der Waals surface area contributed by atoms with Crippen molar-refractivity contribution in [1.29, 1.82) is 0 Å². The van der Waals surface area contributed by atoms with E-state index in [9.17, 15) is 4.48 Å². The number of aliphatic hydroxyl groups is 1. The number of nitrogens with zero attached hydrogens (tertiary/aromatic N) is 1. The van der Waals surface area contributed by atoms with Gasteiger partial charge < -0.3 is 5.11 Å². The third-order valence-electron chi connectivity index (χ3n) is 1.41. The fourth-order valence-corrected chi connectivity index (χ4v) is 0.834. The summed E-state index contributed by atoms with van der Waals surface area (Å²) in [7, 11) is 0. The van der Waals surface area contributed by atoms with Gasteiger partial charge >= 0.3 is 0 Å². The molecule has 0 atom stereocenters. The summed E-state index contributed by atoms with van der Waals surface area (Å²) < 4.78 is 12.1. The van der Waals surface area contributed by atoms with Crippen LogP contribution in [0.1, 0.15) is 12.8 Å². The zero-order valence-electron chi connectivity index (χ0n) is 4.68. The Morgan fingerprint density at radius 3 is 2.25 bits per heavy atom. The van der Waals surface area contributed by atoms with Crippen LogP contribution < -0.4 is 0 Å². The van der Waals surface area contributed by atoms with Gasteiger partial charge in [-0.1, -0.05) is 0 Å². The molecule has 1 fully saturated rings. The summed E-state index contributed by atoms with van der Waals surface area (Å²) in [5, 5.41) is 9.58. The van der Waals surface area contributed by atoms with Gasteiger partial charge in [-0.25, -0.2) is 0 Å². The lowest BCUT2D eigenvalue weighted by Gasteiger charge is -2.21. The fraction of sp³-hybridized carbons (Fsp3) is 1.00. The van der Waals surface area contributed by atoms with Crippen molar-refractivity contribution in [2.45, 2.75) is 18.9 Å². The van der Waals surface area contributed by atoms with Crippen molar-refractivity contribution in [3.05, 3.63) is 0 Å². The van der Waals surface area contributed by atoms with Gasteiger partial charge in [-0.3, -0.25) is 0 Å². The van der Waals surface area contributed by atoms with Crippen LogP contribution in [0, 0.1) is 0 Å². The fourth-order valence-electron chi connectivity index (χ4n) is 0.834. The molecule has 1 N–H and O–H groups in total. The van der Waals surface area contributed by atoms with Crippen LogP contribution in [0.3, 0.4) is 0 Å². The summed E-state index contributed by atoms with van der Waals surface area (Å²) >= 11 is 0. The van der Waals surface area contributed by atoms with Gasteiger partial charge in [0, 0.05) is 13.1 Å². The third-order valence-corrected chi connectivity index (χ3v) is 1.41. The first-order valence-corrected chi connectivity index (χ1v) is 2.88. The summed E-state index contributed by atoms with van der Waals surface area (Å²) in [6.45, 7) is 0.780. The van der Waals surface area contributed by atoms with Crippen LogP contribution in [-0.2, 0) is 0 Å². The van der Waals surface area contributed by atoms with Gasteiger partial charge in [-0.2, -0.15) is 0 Å². The number of hydrogen-bond acceptors (Lipinski definition) is 2. The molecule has 0 spiro atoms. The van der Waals surface area contributed by atoms with Crippen LogP contribution in [0.5, 0.6) is 0 Å². The highest BCUT2D eigenvalue weighted by molar-refractivity contribution is 4.64. The van der Waals surface area contributed by atoms with Crippen molar-refractivity contribution in [1.82, 2.24) is 5.12 Å². The SMILES string of the molecule is OC1CCN(F)CC1. The summed E-state index contributed by atoms with van der Waals surface area (Å²) in [6.07, 6.45) is 0.898. The minimum Gasteiger partial charge on any atom is -0.393 e. The van der Waals surface area contributed by atoms with Crippen molar-refractivity contribution in [2.75, 3.05) is 13.1 Å². The Balaban J connectivity index is 2.19. The Bertz CT molecular complexity index is 60.8. The predicted molar refractivity (Wildman–Crippen MR) is 27.9 cm³/mol. The first-order chi connectivity index (χ1) is 3.79. The van der Waals surface area contributed by atoms with Crippen molar-refractivity contribution in [3.63, 3.8) is 0 Å². The van der Waals surface area contributed by atoms with E-state index < -0.39 is 0 Å². The second-order valence-corrected chi connectivity index (χ2v) is 2.14. The second kappa shape index (κ2) is 2.42. The van der Waals surface area contributed by atoms with E-state index in [0.29, 0.717) is 25.9 Å². The molecule has 0 radical (unpaired) electrons. The maximum Gasteiger partial charge on any atom is 0.0566 e. The quantitative estimate of drug-likeness (QED) is 0.464. The average Bonchev–Trinajstić information content (AvgIpc) is 1.77. The zero-order chi connectivity index (χ0) is 5.98. The van der Waals surface area contributed by atoms with Gasteiger partial charge in [-0.05, 0) is 12.8 Å². The number of rotatable bonds is 0. The Kier molecular flexibility index (Phi) is 1.81. The molecule has 2 nitrogen and oxygen atoms in total. The molecule has 1 heterocycles. The van der Waals surface area contributed by atoms with Crippen molar-refractivity contribution in [2.24, 2.45) is 0 Å². The normalized spacial score (nSPS) is 26.2. The zero-order valence-corrected chi connectivity index (χ0v) is 4.68. The van der Waals surface area contributed by atoms with E-state index in [1.165, 1.54) is 0 Å². The average molecular weight is 119 g/mol. The van der Waals surface area contributed by atoms with Crippen LogP contribution in [0.2, 0.25) is 0 Å². The molecule has 0 aromatic heterocycles. The second-order valence-electron chi connectivity index (χ2n) is 2.14. The van der Waals surface area contributed by atoms with Crippen molar-refractivity contribution >= 4 is 0 Å². The van der Waals surface area contributed by atoms with Crippen molar-refractivity contribution in [3.8, 4) is 0 Å².